The second-order valence-corrected chi connectivity index (χ2v) is 14.4. The Balaban J connectivity index is 2.75. The Bertz CT molecular complexity index is 688. The van der Waals surface area contributed by atoms with Crippen molar-refractivity contribution in [3.8, 4) is 0 Å². The van der Waals surface area contributed by atoms with E-state index in [2.05, 4.69) is 11.7 Å². The summed E-state index contributed by atoms with van der Waals surface area (Å²) in [6, 6.07) is 9.54. The van der Waals surface area contributed by atoms with Crippen molar-refractivity contribution in [2.24, 2.45) is 10.8 Å². The highest BCUT2D eigenvalue weighted by molar-refractivity contribution is 8.93. The Hall–Kier alpha value is -1.27. The van der Waals surface area contributed by atoms with Gasteiger partial charge in [0, 0.05) is 12.3 Å². The molecule has 152 valence electrons. The van der Waals surface area contributed by atoms with Crippen molar-refractivity contribution in [3.63, 3.8) is 0 Å². The molecule has 6 heteroatoms. The highest BCUT2D eigenvalue weighted by Crippen LogP contribution is 2.48. The smallest absolute Gasteiger partial charge is 0.312 e. The Labute approximate surface area is 169 Å². The molecule has 0 aliphatic carbocycles. The van der Waals surface area contributed by atoms with Crippen LogP contribution in [0.25, 0.3) is 0 Å². The van der Waals surface area contributed by atoms with E-state index in [9.17, 15) is 14.4 Å². The first-order valence-electron chi connectivity index (χ1n) is 8.93. The summed E-state index contributed by atoms with van der Waals surface area (Å²) in [7, 11) is -1.67. The van der Waals surface area contributed by atoms with E-state index in [1.54, 1.807) is 40.2 Å². The van der Waals surface area contributed by atoms with Crippen LogP contribution in [0, 0.1) is 10.8 Å². The molecule has 0 amide bonds. The molecule has 0 aliphatic rings. The van der Waals surface area contributed by atoms with Gasteiger partial charge in [0.1, 0.15) is 12.4 Å². The summed E-state index contributed by atoms with van der Waals surface area (Å²) in [6.07, 6.45) is 3.64. The molecule has 1 rings (SSSR count). The van der Waals surface area contributed by atoms with Gasteiger partial charge in [-0.05, 0) is 45.8 Å². The maximum absolute atomic E-state index is 12.9. The van der Waals surface area contributed by atoms with Crippen molar-refractivity contribution in [1.82, 2.24) is 0 Å². The van der Waals surface area contributed by atoms with E-state index >= 15 is 0 Å². The number of carbonyl (C=O) groups is 3. The zero-order valence-corrected chi connectivity index (χ0v) is 19.1. The van der Waals surface area contributed by atoms with Crippen molar-refractivity contribution >= 4 is 37.6 Å². The molecule has 0 radical (unpaired) electrons. The second kappa shape index (κ2) is 8.82. The zero-order chi connectivity index (χ0) is 21.0. The monoisotopic (exact) mass is 412 g/mol. The van der Waals surface area contributed by atoms with Gasteiger partial charge in [0.25, 0.3) is 0 Å². The highest BCUT2D eigenvalue weighted by Gasteiger charge is 2.38. The van der Waals surface area contributed by atoms with E-state index in [0.717, 1.165) is 5.56 Å². The summed E-state index contributed by atoms with van der Waals surface area (Å²) in [5.74, 6) is -0.750. The van der Waals surface area contributed by atoms with Crippen LogP contribution in [0.1, 0.15) is 52.5 Å². The molecule has 1 aromatic carbocycles. The summed E-state index contributed by atoms with van der Waals surface area (Å²) in [5.41, 5.74) is -0.834. The van der Waals surface area contributed by atoms with E-state index in [0.29, 0.717) is 0 Å². The number of carbonyl (C=O) groups excluding carboxylic acids is 3. The van der Waals surface area contributed by atoms with E-state index in [1.807, 2.05) is 37.3 Å². The first-order chi connectivity index (χ1) is 12.2. The van der Waals surface area contributed by atoms with Gasteiger partial charge in [-0.1, -0.05) is 37.3 Å². The fourth-order valence-corrected chi connectivity index (χ4v) is 3.51. The van der Waals surface area contributed by atoms with Gasteiger partial charge in [-0.3, -0.25) is 14.4 Å². The molecule has 0 aromatic heterocycles. The first kappa shape index (κ1) is 23.8. The molecule has 1 aromatic rings. The third-order valence-electron chi connectivity index (χ3n) is 4.62. The fraction of sp³-hybridized carbons (Fsp3) is 0.571. The standard InChI is InChI=1S/C21H32O4S2/c1-15(16-11-9-8-10-12-16)18(23)21(4,5)14-25-19(24)20(2,3)13-17(22)27(6,7)26/h8-12,15,26H,13-14H2,1-7H3. The van der Waals surface area contributed by atoms with Crippen molar-refractivity contribution in [2.45, 2.75) is 47.0 Å². The number of thiol groups is 1. The van der Waals surface area contributed by atoms with Crippen LogP contribution in [-0.2, 0) is 19.1 Å². The molecule has 0 N–H and O–H groups in total. The maximum Gasteiger partial charge on any atom is 0.312 e. The average Bonchev–Trinajstić information content (AvgIpc) is 2.57. The van der Waals surface area contributed by atoms with Gasteiger partial charge in [-0.2, -0.15) is 0 Å². The van der Waals surface area contributed by atoms with E-state index < -0.39 is 25.9 Å². The molecule has 0 fully saturated rings. The second-order valence-electron chi connectivity index (χ2n) is 8.66. The SMILES string of the molecule is CC(C(=O)C(C)(C)COC(=O)C(C)(C)CC(=O)S(C)(C)S)c1ccccc1. The molecule has 0 heterocycles. The molecule has 0 spiro atoms. The minimum Gasteiger partial charge on any atom is -0.464 e. The van der Waals surface area contributed by atoms with Gasteiger partial charge in [0.2, 0.25) is 0 Å². The molecular weight excluding hydrogens is 380 g/mol. The first-order valence-corrected chi connectivity index (χ1v) is 12.4. The van der Waals surface area contributed by atoms with Crippen LogP contribution in [0.3, 0.4) is 0 Å². The average molecular weight is 413 g/mol. The van der Waals surface area contributed by atoms with Gasteiger partial charge >= 0.3 is 5.97 Å². The van der Waals surface area contributed by atoms with E-state index in [4.69, 9.17) is 4.74 Å². The Kier molecular flexibility index (Phi) is 7.77. The van der Waals surface area contributed by atoms with Crippen molar-refractivity contribution in [1.29, 1.82) is 0 Å². The van der Waals surface area contributed by atoms with Crippen LogP contribution in [0.5, 0.6) is 0 Å². The van der Waals surface area contributed by atoms with Crippen LogP contribution in [0.15, 0.2) is 30.3 Å². The molecule has 0 bridgehead atoms. The van der Waals surface area contributed by atoms with Crippen LogP contribution in [0.4, 0.5) is 0 Å². The third-order valence-corrected chi connectivity index (χ3v) is 6.49. The lowest BCUT2D eigenvalue weighted by molar-refractivity contribution is -0.159. The Morgan fingerprint density at radius 3 is 2.04 bits per heavy atom. The van der Waals surface area contributed by atoms with Crippen LogP contribution < -0.4 is 0 Å². The molecule has 0 saturated carbocycles. The summed E-state index contributed by atoms with van der Waals surface area (Å²) in [4.78, 5) is 37.7. The van der Waals surface area contributed by atoms with Gasteiger partial charge < -0.3 is 4.74 Å². The normalized spacial score (nSPS) is 14.4. The summed E-state index contributed by atoms with van der Waals surface area (Å²) in [5, 5.41) is -0.0409. The minimum atomic E-state index is -1.67. The predicted octanol–water partition coefficient (Wildman–Crippen LogP) is 4.78. The lowest BCUT2D eigenvalue weighted by Gasteiger charge is -2.30. The number of rotatable bonds is 8. The quantitative estimate of drug-likeness (QED) is 0.379. The van der Waals surface area contributed by atoms with E-state index in [1.165, 1.54) is 0 Å². The lowest BCUT2D eigenvalue weighted by atomic mass is 9.79. The molecular formula is C21H32O4S2. The molecule has 0 aliphatic heterocycles. The van der Waals surface area contributed by atoms with Crippen LogP contribution >= 0.6 is 20.7 Å². The highest BCUT2D eigenvalue weighted by atomic mass is 33.1. The fourth-order valence-electron chi connectivity index (χ4n) is 2.60. The zero-order valence-electron chi connectivity index (χ0n) is 17.4. The number of ether oxygens (including phenoxy) is 1. The molecule has 1 unspecified atom stereocenters. The Morgan fingerprint density at radius 2 is 1.56 bits per heavy atom. The van der Waals surface area contributed by atoms with Gasteiger partial charge in [-0.15, -0.1) is 20.7 Å². The van der Waals surface area contributed by atoms with Crippen molar-refractivity contribution in [2.75, 3.05) is 19.1 Å². The Morgan fingerprint density at radius 1 is 1.04 bits per heavy atom. The van der Waals surface area contributed by atoms with Gasteiger partial charge in [0.15, 0.2) is 5.12 Å². The van der Waals surface area contributed by atoms with Gasteiger partial charge in [0.05, 0.1) is 10.8 Å². The van der Waals surface area contributed by atoms with E-state index in [-0.39, 0.29) is 29.8 Å². The number of hydrogen-bond donors (Lipinski definition) is 1. The van der Waals surface area contributed by atoms with Gasteiger partial charge in [-0.25, -0.2) is 0 Å². The number of hydrogen-bond acceptors (Lipinski definition) is 5. The maximum atomic E-state index is 12.9. The lowest BCUT2D eigenvalue weighted by Crippen LogP contribution is -2.37. The van der Waals surface area contributed by atoms with Crippen molar-refractivity contribution in [3.05, 3.63) is 35.9 Å². The number of benzene rings is 1. The predicted molar refractivity (Wildman–Crippen MR) is 116 cm³/mol. The molecule has 1 atom stereocenters. The summed E-state index contributed by atoms with van der Waals surface area (Å²) >= 11 is 4.35. The van der Waals surface area contributed by atoms with Crippen LogP contribution in [0.2, 0.25) is 0 Å². The molecule has 4 nitrogen and oxygen atoms in total. The number of ketones is 1. The molecule has 27 heavy (non-hydrogen) atoms. The largest absolute Gasteiger partial charge is 0.464 e. The summed E-state index contributed by atoms with van der Waals surface area (Å²) in [6.45, 7) is 8.78. The van der Waals surface area contributed by atoms with Crippen molar-refractivity contribution < 1.29 is 19.1 Å². The minimum absolute atomic E-state index is 0.0105. The topological polar surface area (TPSA) is 60.4 Å². The number of esters is 1. The number of Topliss-reactive ketones (excluding diaryl/α,β-unsaturated/α-hetero) is 1. The molecule has 0 saturated heterocycles. The third kappa shape index (κ3) is 6.68. The summed E-state index contributed by atoms with van der Waals surface area (Å²) < 4.78 is 5.46. The van der Waals surface area contributed by atoms with Crippen LogP contribution in [-0.4, -0.2) is 36.0 Å².